The summed E-state index contributed by atoms with van der Waals surface area (Å²) in [5, 5.41) is 0. The first-order valence-electron chi connectivity index (χ1n) is 16.3. The SMILES string of the molecule is CCCCCCCCCCc1cnc(-c2[c-]cc(C(C)(C)C)cc2)nc1.F[P-](F)(F)(F)(F)F.O=COc1ccnc(-c2cc(OC=O)ccn2)c1.[Ir]. The van der Waals surface area contributed by atoms with Crippen LogP contribution >= 0.6 is 7.81 Å². The molecule has 289 valence electrons. The number of ether oxygens (including phenoxy) is 2. The number of rotatable bonds is 15. The Morgan fingerprint density at radius 3 is 1.58 bits per heavy atom. The molecule has 3 heterocycles. The zero-order chi connectivity index (χ0) is 38.0. The molecule has 0 fully saturated rings. The first-order chi connectivity index (χ1) is 23.8. The molecule has 52 heavy (non-hydrogen) atoms. The maximum Gasteiger partial charge on any atom is 0.298 e. The van der Waals surface area contributed by atoms with E-state index >= 15 is 0 Å². The van der Waals surface area contributed by atoms with Crippen LogP contribution in [0.5, 0.6) is 11.5 Å². The van der Waals surface area contributed by atoms with Crippen molar-refractivity contribution < 1.29 is 64.3 Å². The van der Waals surface area contributed by atoms with Gasteiger partial charge in [0, 0.05) is 57.0 Å². The van der Waals surface area contributed by atoms with Gasteiger partial charge in [0.2, 0.25) is 0 Å². The molecule has 1 aromatic carbocycles. The van der Waals surface area contributed by atoms with Crippen LogP contribution in [0.2, 0.25) is 0 Å². The molecule has 4 rings (SSSR count). The van der Waals surface area contributed by atoms with E-state index in [9.17, 15) is 34.8 Å². The number of carbonyl (C=O) groups is 2. The van der Waals surface area contributed by atoms with E-state index in [-0.39, 0.29) is 25.5 Å². The molecule has 0 amide bonds. The molecule has 0 saturated carbocycles. The van der Waals surface area contributed by atoms with Gasteiger partial charge in [0.1, 0.15) is 11.5 Å². The maximum atomic E-state index is 10.2. The molecule has 0 bridgehead atoms. The van der Waals surface area contributed by atoms with Crippen LogP contribution in [0.4, 0.5) is 25.2 Å². The average Bonchev–Trinajstić information content (AvgIpc) is 3.05. The van der Waals surface area contributed by atoms with E-state index in [2.05, 4.69) is 71.9 Å². The van der Waals surface area contributed by atoms with Crippen LogP contribution in [-0.4, -0.2) is 32.9 Å². The van der Waals surface area contributed by atoms with Crippen LogP contribution in [0, 0.1) is 6.07 Å². The molecule has 4 aromatic rings. The second kappa shape index (κ2) is 20.4. The van der Waals surface area contributed by atoms with E-state index in [0.29, 0.717) is 35.8 Å². The van der Waals surface area contributed by atoms with Gasteiger partial charge >= 0.3 is 33.0 Å². The molecular weight excluding hydrogens is 890 g/mol. The van der Waals surface area contributed by atoms with Crippen molar-refractivity contribution in [2.24, 2.45) is 0 Å². The number of benzene rings is 1. The molecule has 0 atom stereocenters. The topological polar surface area (TPSA) is 104 Å². The predicted octanol–water partition coefficient (Wildman–Crippen LogP) is 11.5. The molecular formula is C36H43F6IrN4O4P-2. The average molecular weight is 933 g/mol. The smallest absolute Gasteiger partial charge is 0.298 e. The summed E-state index contributed by atoms with van der Waals surface area (Å²) in [7, 11) is -10.7. The monoisotopic (exact) mass is 933 g/mol. The number of aromatic nitrogens is 4. The fourth-order valence-electron chi connectivity index (χ4n) is 4.48. The first kappa shape index (κ1) is 46.2. The molecule has 0 N–H and O–H groups in total. The minimum atomic E-state index is -10.7. The number of unbranched alkanes of at least 4 members (excludes halogenated alkanes) is 7. The third-order valence-electron chi connectivity index (χ3n) is 7.04. The van der Waals surface area contributed by atoms with Gasteiger partial charge in [-0.25, -0.2) is 0 Å². The summed E-state index contributed by atoms with van der Waals surface area (Å²) in [5.74, 6) is 1.49. The number of hydrogen-bond donors (Lipinski definition) is 0. The number of pyridine rings is 2. The summed E-state index contributed by atoms with van der Waals surface area (Å²) in [4.78, 5) is 37.8. The van der Waals surface area contributed by atoms with Crippen LogP contribution < -0.4 is 9.47 Å². The van der Waals surface area contributed by atoms with E-state index in [1.165, 1.54) is 74.9 Å². The molecule has 16 heteroatoms. The molecule has 0 unspecified atom stereocenters. The van der Waals surface area contributed by atoms with E-state index in [4.69, 9.17) is 9.47 Å². The maximum absolute atomic E-state index is 10.7. The fourth-order valence-corrected chi connectivity index (χ4v) is 4.48. The third-order valence-corrected chi connectivity index (χ3v) is 7.04. The summed E-state index contributed by atoms with van der Waals surface area (Å²) in [5.41, 5.74) is 4.65. The van der Waals surface area contributed by atoms with Gasteiger partial charge in [-0.05, 0) is 36.0 Å². The van der Waals surface area contributed by atoms with Crippen molar-refractivity contribution in [2.45, 2.75) is 90.9 Å². The predicted molar refractivity (Wildman–Crippen MR) is 186 cm³/mol. The van der Waals surface area contributed by atoms with E-state index < -0.39 is 7.81 Å². The normalized spacial score (nSPS) is 12.3. The fraction of sp³-hybridized carbons (Fsp3) is 0.389. The Bertz CT molecular complexity index is 1600. The van der Waals surface area contributed by atoms with Gasteiger partial charge in [0.05, 0.1) is 17.2 Å². The van der Waals surface area contributed by atoms with Crippen LogP contribution in [0.1, 0.15) is 90.2 Å². The van der Waals surface area contributed by atoms with Gasteiger partial charge in [-0.2, -0.15) is 0 Å². The zero-order valence-corrected chi connectivity index (χ0v) is 32.6. The van der Waals surface area contributed by atoms with Gasteiger partial charge < -0.3 is 9.47 Å². The number of aryl methyl sites for hydroxylation is 1. The van der Waals surface area contributed by atoms with Crippen molar-refractivity contribution in [3.63, 3.8) is 0 Å². The Hall–Kier alpha value is -3.80. The molecule has 3 aromatic heterocycles. The Kier molecular flexibility index (Phi) is 18.2. The minimum Gasteiger partial charge on any atom is -0.429 e. The first-order valence-corrected chi connectivity index (χ1v) is 18.3. The number of halogens is 6. The van der Waals surface area contributed by atoms with Crippen molar-refractivity contribution in [2.75, 3.05) is 0 Å². The standard InChI is InChI=1S/C24H35N2.C12H8N2O4.F6P.Ir/c1-5-6-7-8-9-10-11-12-13-20-18-25-23(26-19-20)21-14-16-22(17-15-21)24(2,3)4;15-7-17-9-1-3-13-11(5-9)12-6-10(18-8-16)2-4-14-12;1-7(2,3,4,5)6;/h14,16-19H,5-13H2,1-4H3;1-8H;;/q-1;;-1;. The number of carbonyl (C=O) groups excluding carboxylic acids is 2. The van der Waals surface area contributed by atoms with Gasteiger partial charge in [0.25, 0.3) is 12.9 Å². The minimum absolute atomic E-state index is 0. The summed E-state index contributed by atoms with van der Waals surface area (Å²) < 4.78 is 68.6. The van der Waals surface area contributed by atoms with Crippen LogP contribution in [0.3, 0.4) is 0 Å². The zero-order valence-electron chi connectivity index (χ0n) is 29.3. The Labute approximate surface area is 313 Å². The quantitative estimate of drug-likeness (QED) is 0.0382. The van der Waals surface area contributed by atoms with Gasteiger partial charge in [-0.3, -0.25) is 29.5 Å². The number of hydrogen-bond acceptors (Lipinski definition) is 8. The summed E-state index contributed by atoms with van der Waals surface area (Å²) in [6, 6.07) is 15.8. The summed E-state index contributed by atoms with van der Waals surface area (Å²) in [6.07, 6.45) is 18.8. The number of nitrogens with zero attached hydrogens (tertiary/aromatic N) is 4. The summed E-state index contributed by atoms with van der Waals surface area (Å²) >= 11 is 0. The van der Waals surface area contributed by atoms with Gasteiger partial charge in [-0.1, -0.05) is 72.6 Å². The second-order valence-corrected chi connectivity index (χ2v) is 14.4. The van der Waals surface area contributed by atoms with Crippen molar-refractivity contribution in [3.05, 3.63) is 84.4 Å². The van der Waals surface area contributed by atoms with Crippen LogP contribution in [0.15, 0.2) is 67.3 Å². The largest absolute Gasteiger partial charge is 0.429 e. The Morgan fingerprint density at radius 2 is 1.17 bits per heavy atom. The molecule has 0 aliphatic heterocycles. The second-order valence-electron chi connectivity index (χ2n) is 12.5. The van der Waals surface area contributed by atoms with Crippen LogP contribution in [0.25, 0.3) is 22.8 Å². The Balaban J connectivity index is 0.000000450. The Morgan fingerprint density at radius 1 is 0.712 bits per heavy atom. The molecule has 1 radical (unpaired) electrons. The molecule has 0 saturated heterocycles. The van der Waals surface area contributed by atoms with Crippen LogP contribution in [-0.2, 0) is 41.5 Å². The van der Waals surface area contributed by atoms with Crippen molar-refractivity contribution in [1.82, 2.24) is 19.9 Å². The van der Waals surface area contributed by atoms with Gasteiger partial charge in [0.15, 0.2) is 0 Å². The summed E-state index contributed by atoms with van der Waals surface area (Å²) in [6.45, 7) is 9.58. The molecule has 0 aliphatic carbocycles. The van der Waals surface area contributed by atoms with E-state index in [0.717, 1.165) is 17.8 Å². The van der Waals surface area contributed by atoms with E-state index in [1.807, 2.05) is 12.4 Å². The third kappa shape index (κ3) is 21.5. The van der Waals surface area contributed by atoms with Crippen molar-refractivity contribution >= 4 is 20.8 Å². The van der Waals surface area contributed by atoms with Gasteiger partial charge in [-0.15, -0.1) is 35.4 Å². The van der Waals surface area contributed by atoms with E-state index in [1.54, 1.807) is 24.3 Å². The molecule has 0 aliphatic rings. The van der Waals surface area contributed by atoms with Crippen molar-refractivity contribution in [1.29, 1.82) is 0 Å². The molecule has 0 spiro atoms. The van der Waals surface area contributed by atoms with Crippen molar-refractivity contribution in [3.8, 4) is 34.3 Å². The molecule has 8 nitrogen and oxygen atoms in total.